The van der Waals surface area contributed by atoms with Gasteiger partial charge in [-0.15, -0.1) is 0 Å². The maximum absolute atomic E-state index is 9.32. The summed E-state index contributed by atoms with van der Waals surface area (Å²) in [6, 6.07) is 7.23. The number of aromatic nitrogens is 2. The highest BCUT2D eigenvalue weighted by atomic mass is 16.5. The number of phenolic OH excluding ortho intramolecular Hbond substituents is 1. The van der Waals surface area contributed by atoms with Crippen LogP contribution in [0.3, 0.4) is 0 Å². The summed E-state index contributed by atoms with van der Waals surface area (Å²) in [7, 11) is 1.56. The van der Waals surface area contributed by atoms with Crippen molar-refractivity contribution in [1.82, 2.24) is 15.3 Å². The monoisotopic (exact) mass is 272 g/mol. The number of anilines is 2. The molecule has 3 rings (SSSR count). The Morgan fingerprint density at radius 2 is 2.05 bits per heavy atom. The van der Waals surface area contributed by atoms with Crippen molar-refractivity contribution in [2.75, 3.05) is 19.0 Å². The van der Waals surface area contributed by atoms with Gasteiger partial charge in [-0.2, -0.15) is 9.97 Å². The van der Waals surface area contributed by atoms with Gasteiger partial charge in [-0.05, 0) is 37.2 Å². The average molecular weight is 272 g/mol. The van der Waals surface area contributed by atoms with Gasteiger partial charge in [0.05, 0.1) is 12.8 Å². The Labute approximate surface area is 116 Å². The van der Waals surface area contributed by atoms with Gasteiger partial charge in [0.15, 0.2) is 0 Å². The zero-order valence-electron chi connectivity index (χ0n) is 11.2. The number of rotatable bonds is 3. The van der Waals surface area contributed by atoms with Crippen molar-refractivity contribution in [3.63, 3.8) is 0 Å². The first kappa shape index (κ1) is 12.7. The number of hydrogen-bond donors (Lipinski definition) is 3. The van der Waals surface area contributed by atoms with Crippen molar-refractivity contribution in [3.05, 3.63) is 35.5 Å². The maximum atomic E-state index is 9.32. The van der Waals surface area contributed by atoms with Crippen LogP contribution in [0.15, 0.2) is 24.3 Å². The second-order valence-electron chi connectivity index (χ2n) is 4.58. The Balaban J connectivity index is 1.96. The van der Waals surface area contributed by atoms with Crippen molar-refractivity contribution < 1.29 is 9.84 Å². The highest BCUT2D eigenvalue weighted by Gasteiger charge is 2.18. The second kappa shape index (κ2) is 5.34. The number of nitrogens with one attached hydrogen (secondary N) is 2. The molecule has 2 heterocycles. The molecule has 104 valence electrons. The van der Waals surface area contributed by atoms with Crippen LogP contribution < -0.4 is 15.4 Å². The molecule has 0 bridgehead atoms. The minimum atomic E-state index is 0.238. The summed E-state index contributed by atoms with van der Waals surface area (Å²) in [6.07, 6.45) is 0.875. The van der Waals surface area contributed by atoms with Crippen LogP contribution in [0.5, 0.6) is 11.8 Å². The van der Waals surface area contributed by atoms with E-state index >= 15 is 0 Å². The van der Waals surface area contributed by atoms with Crippen molar-refractivity contribution in [2.45, 2.75) is 13.0 Å². The van der Waals surface area contributed by atoms with Crippen molar-refractivity contribution in [3.8, 4) is 11.8 Å². The van der Waals surface area contributed by atoms with Gasteiger partial charge in [0.1, 0.15) is 11.6 Å². The molecule has 0 aliphatic carbocycles. The molecule has 1 aliphatic heterocycles. The summed E-state index contributed by atoms with van der Waals surface area (Å²) in [6.45, 7) is 1.63. The van der Waals surface area contributed by atoms with Crippen LogP contribution in [0.2, 0.25) is 0 Å². The highest BCUT2D eigenvalue weighted by Crippen LogP contribution is 2.26. The predicted molar refractivity (Wildman–Crippen MR) is 75.4 cm³/mol. The Bertz CT molecular complexity index is 613. The lowest BCUT2D eigenvalue weighted by molar-refractivity contribution is 0.376. The van der Waals surface area contributed by atoms with Gasteiger partial charge < -0.3 is 20.5 Å². The van der Waals surface area contributed by atoms with E-state index in [9.17, 15) is 5.11 Å². The number of nitrogens with zero attached hydrogens (tertiary/aromatic N) is 2. The summed E-state index contributed by atoms with van der Waals surface area (Å²) in [5, 5.41) is 15.9. The lowest BCUT2D eigenvalue weighted by atomic mass is 10.1. The molecule has 0 spiro atoms. The van der Waals surface area contributed by atoms with Crippen molar-refractivity contribution >= 4 is 11.5 Å². The molecule has 0 unspecified atom stereocenters. The first-order valence-electron chi connectivity index (χ1n) is 6.47. The number of benzene rings is 1. The predicted octanol–water partition coefficient (Wildman–Crippen LogP) is 1.58. The summed E-state index contributed by atoms with van der Waals surface area (Å²) in [5.41, 5.74) is 2.94. The molecule has 1 aromatic carbocycles. The summed E-state index contributed by atoms with van der Waals surface area (Å²) >= 11 is 0. The topological polar surface area (TPSA) is 79.3 Å². The lowest BCUT2D eigenvalue weighted by Crippen LogP contribution is -2.26. The molecule has 0 radical (unpaired) electrons. The molecule has 0 atom stereocenters. The van der Waals surface area contributed by atoms with Gasteiger partial charge in [-0.1, -0.05) is 0 Å². The van der Waals surface area contributed by atoms with E-state index in [1.54, 1.807) is 31.4 Å². The molecular weight excluding hydrogens is 256 g/mol. The van der Waals surface area contributed by atoms with E-state index in [2.05, 4.69) is 20.6 Å². The van der Waals surface area contributed by atoms with Gasteiger partial charge in [-0.25, -0.2) is 0 Å². The van der Waals surface area contributed by atoms with Crippen LogP contribution in [0.1, 0.15) is 11.3 Å². The fraction of sp³-hybridized carbons (Fsp3) is 0.286. The molecule has 0 saturated carbocycles. The fourth-order valence-corrected chi connectivity index (χ4v) is 2.21. The summed E-state index contributed by atoms with van der Waals surface area (Å²) in [5.74, 6) is 1.00. The molecular formula is C14H16N4O2. The van der Waals surface area contributed by atoms with E-state index in [-0.39, 0.29) is 5.75 Å². The van der Waals surface area contributed by atoms with Gasteiger partial charge in [0, 0.05) is 17.8 Å². The number of fused-ring (bicyclic) bond motifs is 1. The lowest BCUT2D eigenvalue weighted by Gasteiger charge is -2.20. The van der Waals surface area contributed by atoms with E-state index in [4.69, 9.17) is 4.74 Å². The zero-order valence-corrected chi connectivity index (χ0v) is 11.2. The summed E-state index contributed by atoms with van der Waals surface area (Å²) in [4.78, 5) is 8.76. The van der Waals surface area contributed by atoms with Gasteiger partial charge in [-0.3, -0.25) is 0 Å². The first-order valence-corrected chi connectivity index (χ1v) is 6.47. The molecule has 6 nitrogen and oxygen atoms in total. The first-order chi connectivity index (χ1) is 9.76. The molecule has 1 aromatic heterocycles. The van der Waals surface area contributed by atoms with Gasteiger partial charge in [0.25, 0.3) is 0 Å². The quantitative estimate of drug-likeness (QED) is 0.736. The Hall–Kier alpha value is -2.34. The van der Waals surface area contributed by atoms with Crippen LogP contribution >= 0.6 is 0 Å². The van der Waals surface area contributed by atoms with Crippen LogP contribution in [0, 0.1) is 0 Å². The van der Waals surface area contributed by atoms with E-state index in [0.29, 0.717) is 6.01 Å². The third-order valence-corrected chi connectivity index (χ3v) is 3.23. The normalized spacial score (nSPS) is 13.7. The third kappa shape index (κ3) is 2.50. The number of phenols is 1. The van der Waals surface area contributed by atoms with Crippen molar-refractivity contribution in [2.24, 2.45) is 0 Å². The Morgan fingerprint density at radius 3 is 2.80 bits per heavy atom. The minimum absolute atomic E-state index is 0.238. The van der Waals surface area contributed by atoms with E-state index < -0.39 is 0 Å². The van der Waals surface area contributed by atoms with Crippen LogP contribution in [-0.4, -0.2) is 28.7 Å². The van der Waals surface area contributed by atoms with Crippen LogP contribution in [0.25, 0.3) is 0 Å². The fourth-order valence-electron chi connectivity index (χ4n) is 2.21. The van der Waals surface area contributed by atoms with Gasteiger partial charge >= 0.3 is 6.01 Å². The number of aromatic hydroxyl groups is 1. The second-order valence-corrected chi connectivity index (χ2v) is 4.58. The minimum Gasteiger partial charge on any atom is -0.508 e. The average Bonchev–Trinajstić information content (AvgIpc) is 2.49. The van der Waals surface area contributed by atoms with E-state index in [1.807, 2.05) is 0 Å². The van der Waals surface area contributed by atoms with E-state index in [0.717, 1.165) is 42.3 Å². The molecule has 3 N–H and O–H groups in total. The van der Waals surface area contributed by atoms with Crippen LogP contribution in [-0.2, 0) is 13.0 Å². The SMILES string of the molecule is COc1nc2c(c(Nc3ccc(O)cc3)n1)CCNC2. The molecule has 0 fully saturated rings. The molecule has 6 heteroatoms. The molecule has 2 aromatic rings. The Morgan fingerprint density at radius 1 is 1.25 bits per heavy atom. The molecule has 20 heavy (non-hydrogen) atoms. The zero-order chi connectivity index (χ0) is 13.9. The van der Waals surface area contributed by atoms with Crippen LogP contribution in [0.4, 0.5) is 11.5 Å². The molecule has 0 saturated heterocycles. The van der Waals surface area contributed by atoms with Gasteiger partial charge in [0.2, 0.25) is 0 Å². The van der Waals surface area contributed by atoms with E-state index in [1.165, 1.54) is 0 Å². The smallest absolute Gasteiger partial charge is 0.318 e. The van der Waals surface area contributed by atoms with Crippen molar-refractivity contribution in [1.29, 1.82) is 0 Å². The Kier molecular flexibility index (Phi) is 3.39. The molecule has 1 aliphatic rings. The highest BCUT2D eigenvalue weighted by molar-refractivity contribution is 5.61. The standard InChI is InChI=1S/C14H16N4O2/c1-20-14-17-12-8-15-7-6-11(12)13(18-14)16-9-2-4-10(19)5-3-9/h2-5,15,19H,6-8H2,1H3,(H,16,17,18). The maximum Gasteiger partial charge on any atom is 0.318 e. The number of hydrogen-bond acceptors (Lipinski definition) is 6. The number of methoxy groups -OCH3 is 1. The third-order valence-electron chi connectivity index (χ3n) is 3.23. The molecule has 0 amide bonds. The summed E-state index contributed by atoms with van der Waals surface area (Å²) < 4.78 is 5.15. The largest absolute Gasteiger partial charge is 0.508 e. The number of ether oxygens (including phenoxy) is 1.